The van der Waals surface area contributed by atoms with Crippen molar-refractivity contribution in [3.05, 3.63) is 0 Å². The Bertz CT molecular complexity index is 421. The number of nitrogens with one attached hydrogen (secondary N) is 1. The van der Waals surface area contributed by atoms with Crippen LogP contribution in [0.25, 0.3) is 0 Å². The van der Waals surface area contributed by atoms with Gasteiger partial charge in [-0.05, 0) is 48.5 Å². The highest BCUT2D eigenvalue weighted by atomic mass is 16.6. The first-order valence-corrected chi connectivity index (χ1v) is 7.00. The van der Waals surface area contributed by atoms with Gasteiger partial charge in [-0.15, -0.1) is 0 Å². The van der Waals surface area contributed by atoms with Gasteiger partial charge < -0.3 is 15.2 Å². The summed E-state index contributed by atoms with van der Waals surface area (Å²) in [4.78, 5) is 35.5. The van der Waals surface area contributed by atoms with E-state index in [0.717, 1.165) is 5.01 Å². The molecule has 0 aliphatic carbocycles. The molecule has 8 heteroatoms. The van der Waals surface area contributed by atoms with Crippen LogP contribution in [0.1, 0.15) is 48.5 Å². The fraction of sp³-hybridized carbons (Fsp3) is 0.786. The van der Waals surface area contributed by atoms with Crippen molar-refractivity contribution in [1.82, 2.24) is 10.4 Å². The van der Waals surface area contributed by atoms with Gasteiger partial charge in [-0.3, -0.25) is 4.79 Å². The van der Waals surface area contributed by atoms with Crippen LogP contribution in [0.3, 0.4) is 0 Å². The van der Waals surface area contributed by atoms with E-state index in [1.807, 2.05) is 0 Å². The van der Waals surface area contributed by atoms with Gasteiger partial charge in [-0.25, -0.2) is 20.0 Å². The molecule has 0 rings (SSSR count). The van der Waals surface area contributed by atoms with E-state index in [9.17, 15) is 14.4 Å². The molecule has 0 aliphatic heterocycles. The van der Waals surface area contributed by atoms with Crippen LogP contribution >= 0.6 is 0 Å². The normalized spacial score (nSPS) is 13.1. The molecule has 128 valence electrons. The van der Waals surface area contributed by atoms with Crippen LogP contribution in [0.2, 0.25) is 0 Å². The first-order valence-electron chi connectivity index (χ1n) is 7.00. The molecule has 2 amide bonds. The van der Waals surface area contributed by atoms with Crippen LogP contribution in [0.4, 0.5) is 9.59 Å². The summed E-state index contributed by atoms with van der Waals surface area (Å²) in [6.45, 7) is 11.1. The number of carbonyl (C=O) groups is 3. The van der Waals surface area contributed by atoms with Crippen molar-refractivity contribution in [3.8, 4) is 0 Å². The van der Waals surface area contributed by atoms with Crippen molar-refractivity contribution in [2.24, 2.45) is 5.73 Å². The van der Waals surface area contributed by atoms with Crippen LogP contribution in [0, 0.1) is 0 Å². The predicted octanol–water partition coefficient (Wildman–Crippen LogP) is 1.58. The summed E-state index contributed by atoms with van der Waals surface area (Å²) in [5, 5.41) is 0.755. The SMILES string of the molecule is CC(N)C(=O)CN(NC(=O)OC(C)(C)C)C(=O)OC(C)(C)C. The van der Waals surface area contributed by atoms with Crippen molar-refractivity contribution in [3.63, 3.8) is 0 Å². The predicted molar refractivity (Wildman–Crippen MR) is 81.0 cm³/mol. The third kappa shape index (κ3) is 9.17. The number of nitrogens with two attached hydrogens (primary N) is 1. The molecule has 0 fully saturated rings. The molecule has 0 aromatic rings. The molecule has 0 saturated carbocycles. The van der Waals surface area contributed by atoms with E-state index in [4.69, 9.17) is 15.2 Å². The number of Topliss-reactive ketones (excluding diaryl/α,β-unsaturated/α-hetero) is 1. The lowest BCUT2D eigenvalue weighted by atomic mass is 10.2. The highest BCUT2D eigenvalue weighted by Gasteiger charge is 2.28. The quantitative estimate of drug-likeness (QED) is 0.764. The Balaban J connectivity index is 4.97. The van der Waals surface area contributed by atoms with Crippen molar-refractivity contribution < 1.29 is 23.9 Å². The summed E-state index contributed by atoms with van der Waals surface area (Å²) in [7, 11) is 0. The molecular weight excluding hydrogens is 290 g/mol. The topological polar surface area (TPSA) is 111 Å². The molecule has 0 spiro atoms. The lowest BCUT2D eigenvalue weighted by Gasteiger charge is -2.28. The van der Waals surface area contributed by atoms with E-state index in [1.165, 1.54) is 6.92 Å². The van der Waals surface area contributed by atoms with Crippen LogP contribution in [0.15, 0.2) is 0 Å². The summed E-state index contributed by atoms with van der Waals surface area (Å²) in [6.07, 6.45) is -1.73. The first kappa shape index (κ1) is 20.2. The van der Waals surface area contributed by atoms with Gasteiger partial charge in [0.15, 0.2) is 5.78 Å². The van der Waals surface area contributed by atoms with Crippen LogP contribution in [-0.2, 0) is 14.3 Å². The van der Waals surface area contributed by atoms with Gasteiger partial charge in [0.1, 0.15) is 17.7 Å². The number of carbonyl (C=O) groups excluding carboxylic acids is 3. The Morgan fingerprint density at radius 2 is 1.50 bits per heavy atom. The number of hydrogen-bond acceptors (Lipinski definition) is 6. The van der Waals surface area contributed by atoms with Crippen LogP contribution in [0.5, 0.6) is 0 Å². The van der Waals surface area contributed by atoms with E-state index >= 15 is 0 Å². The average Bonchev–Trinajstić information content (AvgIpc) is 2.22. The Kier molecular flexibility index (Phi) is 6.82. The molecule has 8 nitrogen and oxygen atoms in total. The van der Waals surface area contributed by atoms with E-state index in [0.29, 0.717) is 0 Å². The van der Waals surface area contributed by atoms with Gasteiger partial charge in [-0.1, -0.05) is 0 Å². The zero-order valence-corrected chi connectivity index (χ0v) is 14.4. The summed E-state index contributed by atoms with van der Waals surface area (Å²) >= 11 is 0. The summed E-state index contributed by atoms with van der Waals surface area (Å²) in [5.41, 5.74) is 6.16. The minimum absolute atomic E-state index is 0.411. The zero-order chi connectivity index (χ0) is 17.7. The van der Waals surface area contributed by atoms with Gasteiger partial charge in [-0.2, -0.15) is 0 Å². The second-order valence-corrected chi connectivity index (χ2v) is 6.94. The Morgan fingerprint density at radius 1 is 1.05 bits per heavy atom. The lowest BCUT2D eigenvalue weighted by Crippen LogP contribution is -2.53. The standard InChI is InChI=1S/C14H27N3O5/c1-9(15)10(18)8-17(12(20)22-14(5,6)7)16-11(19)21-13(2,3)4/h9H,8,15H2,1-7H3,(H,16,19). The number of ether oxygens (including phenoxy) is 2. The Morgan fingerprint density at radius 3 is 1.86 bits per heavy atom. The van der Waals surface area contributed by atoms with Crippen molar-refractivity contribution in [2.45, 2.75) is 65.7 Å². The highest BCUT2D eigenvalue weighted by Crippen LogP contribution is 2.10. The Labute approximate surface area is 131 Å². The number of rotatable bonds is 3. The molecule has 0 heterocycles. The summed E-state index contributed by atoms with van der Waals surface area (Å²) in [6, 6.07) is -0.773. The van der Waals surface area contributed by atoms with Gasteiger partial charge in [0.2, 0.25) is 0 Å². The third-order valence-electron chi connectivity index (χ3n) is 2.06. The molecule has 0 radical (unpaired) electrons. The molecule has 3 N–H and O–H groups in total. The third-order valence-corrected chi connectivity index (χ3v) is 2.06. The second-order valence-electron chi connectivity index (χ2n) is 6.94. The number of nitrogens with zero attached hydrogens (tertiary/aromatic N) is 1. The number of amides is 2. The molecule has 0 bridgehead atoms. The van der Waals surface area contributed by atoms with Gasteiger partial charge in [0.05, 0.1) is 6.04 Å². The average molecular weight is 317 g/mol. The fourth-order valence-electron chi connectivity index (χ4n) is 1.18. The monoisotopic (exact) mass is 317 g/mol. The molecule has 22 heavy (non-hydrogen) atoms. The Hall–Kier alpha value is -1.83. The number of hydrazine groups is 1. The molecule has 1 atom stereocenters. The van der Waals surface area contributed by atoms with Crippen molar-refractivity contribution >= 4 is 18.0 Å². The summed E-state index contributed by atoms with van der Waals surface area (Å²) in [5.74, 6) is -0.429. The maximum absolute atomic E-state index is 12.1. The van der Waals surface area contributed by atoms with E-state index < -0.39 is 41.8 Å². The fourth-order valence-corrected chi connectivity index (χ4v) is 1.18. The number of hydrogen-bond donors (Lipinski definition) is 2. The van der Waals surface area contributed by atoms with Gasteiger partial charge in [0.25, 0.3) is 0 Å². The second kappa shape index (κ2) is 7.44. The van der Waals surface area contributed by atoms with E-state index in [2.05, 4.69) is 5.43 Å². The minimum Gasteiger partial charge on any atom is -0.443 e. The molecule has 0 saturated heterocycles. The zero-order valence-electron chi connectivity index (χ0n) is 14.4. The van der Waals surface area contributed by atoms with E-state index in [1.54, 1.807) is 41.5 Å². The minimum atomic E-state index is -0.868. The molecule has 0 aromatic carbocycles. The highest BCUT2D eigenvalue weighted by molar-refractivity contribution is 5.88. The largest absolute Gasteiger partial charge is 0.443 e. The number of ketones is 1. The van der Waals surface area contributed by atoms with Crippen molar-refractivity contribution in [1.29, 1.82) is 0 Å². The first-order chi connectivity index (χ1) is 9.71. The maximum Gasteiger partial charge on any atom is 0.429 e. The van der Waals surface area contributed by atoms with Crippen molar-refractivity contribution in [2.75, 3.05) is 6.54 Å². The molecule has 0 aliphatic rings. The van der Waals surface area contributed by atoms with Gasteiger partial charge in [0, 0.05) is 0 Å². The van der Waals surface area contributed by atoms with Crippen LogP contribution < -0.4 is 11.2 Å². The van der Waals surface area contributed by atoms with Gasteiger partial charge >= 0.3 is 12.2 Å². The van der Waals surface area contributed by atoms with E-state index in [-0.39, 0.29) is 0 Å². The summed E-state index contributed by atoms with van der Waals surface area (Å²) < 4.78 is 10.2. The smallest absolute Gasteiger partial charge is 0.429 e. The molecule has 1 unspecified atom stereocenters. The molecule has 0 aromatic heterocycles. The lowest BCUT2D eigenvalue weighted by molar-refractivity contribution is -0.121. The van der Waals surface area contributed by atoms with Crippen LogP contribution in [-0.4, -0.2) is 46.8 Å². The molecular formula is C14H27N3O5. The maximum atomic E-state index is 12.1.